The summed E-state index contributed by atoms with van der Waals surface area (Å²) in [6.07, 6.45) is 0.790. The highest BCUT2D eigenvalue weighted by Crippen LogP contribution is 2.35. The fraction of sp³-hybridized carbons (Fsp3) is 0.176. The Bertz CT molecular complexity index is 889. The third-order valence-electron chi connectivity index (χ3n) is 3.83. The minimum absolute atomic E-state index is 0.0534. The number of rotatable bonds is 4. The van der Waals surface area contributed by atoms with E-state index in [0.717, 1.165) is 11.1 Å². The van der Waals surface area contributed by atoms with Crippen LogP contribution < -0.4 is 15.2 Å². The van der Waals surface area contributed by atoms with Gasteiger partial charge in [0.15, 0.2) is 0 Å². The lowest BCUT2D eigenvalue weighted by atomic mass is 9.98. The van der Waals surface area contributed by atoms with Crippen molar-refractivity contribution in [3.8, 4) is 5.75 Å². The molecule has 2 aromatic carbocycles. The van der Waals surface area contributed by atoms with Gasteiger partial charge in [0.05, 0.1) is 11.2 Å². The summed E-state index contributed by atoms with van der Waals surface area (Å²) < 4.78 is 28.0. The van der Waals surface area contributed by atoms with Crippen molar-refractivity contribution in [1.82, 2.24) is 0 Å². The van der Waals surface area contributed by atoms with E-state index in [1.54, 1.807) is 12.1 Å². The number of hydrogen-bond donors (Lipinski definition) is 3. The SMILES string of the molecule is Cc1ccc2c(c1)C(O)C(CNc1ccc(S(N)(=O)=O)cc1)=CO2. The van der Waals surface area contributed by atoms with Crippen LogP contribution >= 0.6 is 0 Å². The van der Waals surface area contributed by atoms with E-state index in [2.05, 4.69) is 5.32 Å². The molecule has 0 saturated carbocycles. The topological polar surface area (TPSA) is 102 Å². The Morgan fingerprint density at radius 3 is 2.58 bits per heavy atom. The van der Waals surface area contributed by atoms with Crippen molar-refractivity contribution >= 4 is 15.7 Å². The third-order valence-corrected chi connectivity index (χ3v) is 4.76. The maximum Gasteiger partial charge on any atom is 0.238 e. The Kier molecular flexibility index (Phi) is 4.31. The van der Waals surface area contributed by atoms with Crippen LogP contribution in [0.1, 0.15) is 17.2 Å². The van der Waals surface area contributed by atoms with Crippen LogP contribution in [-0.4, -0.2) is 20.1 Å². The van der Waals surface area contributed by atoms with Crippen LogP contribution in [0.3, 0.4) is 0 Å². The van der Waals surface area contributed by atoms with E-state index < -0.39 is 16.1 Å². The fourth-order valence-electron chi connectivity index (χ4n) is 2.50. The number of aliphatic hydroxyl groups is 1. The molecule has 4 N–H and O–H groups in total. The molecule has 3 rings (SSSR count). The minimum atomic E-state index is -3.70. The first-order valence-corrected chi connectivity index (χ1v) is 8.90. The molecule has 0 radical (unpaired) electrons. The molecule has 0 spiro atoms. The zero-order valence-corrected chi connectivity index (χ0v) is 13.9. The van der Waals surface area contributed by atoms with E-state index in [4.69, 9.17) is 9.88 Å². The second kappa shape index (κ2) is 6.27. The maximum absolute atomic E-state index is 11.2. The number of ether oxygens (including phenoxy) is 1. The van der Waals surface area contributed by atoms with Crippen molar-refractivity contribution in [3.05, 3.63) is 65.4 Å². The van der Waals surface area contributed by atoms with Crippen LogP contribution in [0.4, 0.5) is 5.69 Å². The molecule has 7 heteroatoms. The van der Waals surface area contributed by atoms with Crippen LogP contribution in [0, 0.1) is 6.92 Å². The van der Waals surface area contributed by atoms with Crippen LogP contribution in [0.25, 0.3) is 0 Å². The largest absolute Gasteiger partial charge is 0.464 e. The van der Waals surface area contributed by atoms with Gasteiger partial charge in [-0.3, -0.25) is 0 Å². The molecule has 0 aliphatic carbocycles. The van der Waals surface area contributed by atoms with Crippen LogP contribution in [0.5, 0.6) is 5.75 Å². The number of fused-ring (bicyclic) bond motifs is 1. The van der Waals surface area contributed by atoms with Gasteiger partial charge in [0.25, 0.3) is 0 Å². The zero-order chi connectivity index (χ0) is 17.3. The van der Waals surface area contributed by atoms with Gasteiger partial charge in [0.2, 0.25) is 10.0 Å². The summed E-state index contributed by atoms with van der Waals surface area (Å²) in [6.45, 7) is 2.32. The highest BCUT2D eigenvalue weighted by atomic mass is 32.2. The number of aryl methyl sites for hydroxylation is 1. The number of hydrogen-bond acceptors (Lipinski definition) is 5. The van der Waals surface area contributed by atoms with E-state index in [0.29, 0.717) is 23.6 Å². The molecule has 1 aliphatic heterocycles. The average Bonchev–Trinajstić information content (AvgIpc) is 2.54. The molecular weight excluding hydrogens is 328 g/mol. The van der Waals surface area contributed by atoms with Crippen molar-refractivity contribution < 1.29 is 18.3 Å². The van der Waals surface area contributed by atoms with Crippen molar-refractivity contribution in [2.24, 2.45) is 5.14 Å². The van der Waals surface area contributed by atoms with Gasteiger partial charge in [0.1, 0.15) is 11.9 Å². The lowest BCUT2D eigenvalue weighted by molar-refractivity contribution is 0.197. The predicted molar refractivity (Wildman–Crippen MR) is 91.2 cm³/mol. The number of aliphatic hydroxyl groups excluding tert-OH is 1. The Morgan fingerprint density at radius 2 is 1.92 bits per heavy atom. The summed E-state index contributed by atoms with van der Waals surface area (Å²) in [5.74, 6) is 0.648. The van der Waals surface area contributed by atoms with E-state index in [9.17, 15) is 13.5 Å². The zero-order valence-electron chi connectivity index (χ0n) is 13.1. The number of nitrogens with one attached hydrogen (secondary N) is 1. The van der Waals surface area contributed by atoms with E-state index in [1.165, 1.54) is 18.4 Å². The molecule has 126 valence electrons. The van der Waals surface area contributed by atoms with E-state index in [-0.39, 0.29) is 4.90 Å². The summed E-state index contributed by atoms with van der Waals surface area (Å²) in [5.41, 5.74) is 3.18. The second-order valence-electron chi connectivity index (χ2n) is 5.68. The van der Waals surface area contributed by atoms with Gasteiger partial charge in [-0.15, -0.1) is 0 Å². The summed E-state index contributed by atoms with van der Waals surface area (Å²) in [4.78, 5) is 0.0534. The van der Waals surface area contributed by atoms with Gasteiger partial charge in [-0.2, -0.15) is 0 Å². The summed E-state index contributed by atoms with van der Waals surface area (Å²) >= 11 is 0. The van der Waals surface area contributed by atoms with Gasteiger partial charge in [-0.1, -0.05) is 11.6 Å². The van der Waals surface area contributed by atoms with Crippen LogP contribution in [0.2, 0.25) is 0 Å². The van der Waals surface area contributed by atoms with Gasteiger partial charge < -0.3 is 15.2 Å². The summed E-state index contributed by atoms with van der Waals surface area (Å²) in [6, 6.07) is 11.8. The maximum atomic E-state index is 11.2. The third kappa shape index (κ3) is 3.43. The van der Waals surface area contributed by atoms with E-state index >= 15 is 0 Å². The second-order valence-corrected chi connectivity index (χ2v) is 7.24. The molecule has 6 nitrogen and oxygen atoms in total. The number of sulfonamides is 1. The minimum Gasteiger partial charge on any atom is -0.464 e. The smallest absolute Gasteiger partial charge is 0.238 e. The molecular formula is C17H18N2O4S. The predicted octanol–water partition coefficient (Wildman–Crippen LogP) is 2.06. The molecule has 0 amide bonds. The average molecular weight is 346 g/mol. The lowest BCUT2D eigenvalue weighted by Crippen LogP contribution is -2.17. The number of primary sulfonamides is 1. The number of anilines is 1. The molecule has 0 saturated heterocycles. The summed E-state index contributed by atoms with van der Waals surface area (Å²) in [5, 5.41) is 18.7. The highest BCUT2D eigenvalue weighted by molar-refractivity contribution is 7.89. The van der Waals surface area contributed by atoms with Crippen LogP contribution in [0.15, 0.2) is 59.2 Å². The molecule has 1 aliphatic rings. The van der Waals surface area contributed by atoms with Gasteiger partial charge in [-0.25, -0.2) is 13.6 Å². The van der Waals surface area contributed by atoms with Gasteiger partial charge in [-0.05, 0) is 43.3 Å². The molecule has 2 aromatic rings. The van der Waals surface area contributed by atoms with Gasteiger partial charge in [0, 0.05) is 23.4 Å². The fourth-order valence-corrected chi connectivity index (χ4v) is 3.01. The normalized spacial score (nSPS) is 16.8. The molecule has 24 heavy (non-hydrogen) atoms. The molecule has 0 bridgehead atoms. The highest BCUT2D eigenvalue weighted by Gasteiger charge is 2.22. The Hall–Kier alpha value is -2.35. The first-order chi connectivity index (χ1) is 11.3. The molecule has 1 heterocycles. The standard InChI is InChI=1S/C17H18N2O4S/c1-11-2-7-16-15(8-11)17(20)12(10-23-16)9-19-13-3-5-14(6-4-13)24(18,21)22/h2-8,10,17,19-20H,9H2,1H3,(H2,18,21,22). The number of benzene rings is 2. The van der Waals surface area contributed by atoms with Crippen molar-refractivity contribution in [2.45, 2.75) is 17.9 Å². The van der Waals surface area contributed by atoms with Crippen LogP contribution in [-0.2, 0) is 10.0 Å². The Labute approximate surface area is 140 Å². The first-order valence-electron chi connectivity index (χ1n) is 7.35. The quantitative estimate of drug-likeness (QED) is 0.786. The molecule has 0 fully saturated rings. The van der Waals surface area contributed by atoms with Crippen molar-refractivity contribution in [3.63, 3.8) is 0 Å². The Balaban J connectivity index is 1.70. The first kappa shape index (κ1) is 16.5. The Morgan fingerprint density at radius 1 is 1.21 bits per heavy atom. The molecule has 0 aromatic heterocycles. The molecule has 1 atom stereocenters. The van der Waals surface area contributed by atoms with Crippen molar-refractivity contribution in [1.29, 1.82) is 0 Å². The number of nitrogens with two attached hydrogens (primary N) is 1. The van der Waals surface area contributed by atoms with Crippen molar-refractivity contribution in [2.75, 3.05) is 11.9 Å². The summed E-state index contributed by atoms with van der Waals surface area (Å²) in [7, 11) is -3.70. The molecule has 1 unspecified atom stereocenters. The van der Waals surface area contributed by atoms with E-state index in [1.807, 2.05) is 25.1 Å². The van der Waals surface area contributed by atoms with Gasteiger partial charge >= 0.3 is 0 Å². The lowest BCUT2D eigenvalue weighted by Gasteiger charge is -2.23. The monoisotopic (exact) mass is 346 g/mol.